The van der Waals surface area contributed by atoms with Gasteiger partial charge in [-0.05, 0) is 31.9 Å². The van der Waals surface area contributed by atoms with Crippen LogP contribution in [0.4, 0.5) is 4.39 Å². The lowest BCUT2D eigenvalue weighted by molar-refractivity contribution is 0.583. The highest BCUT2D eigenvalue weighted by molar-refractivity contribution is 5.35. The highest BCUT2D eigenvalue weighted by Gasteiger charge is 2.05. The topological polar surface area (TPSA) is 0 Å². The summed E-state index contributed by atoms with van der Waals surface area (Å²) in [7, 11) is 0. The Morgan fingerprint density at radius 3 is 2.64 bits per heavy atom. The number of halogens is 1. The van der Waals surface area contributed by atoms with Crippen LogP contribution < -0.4 is 0 Å². The average Bonchev–Trinajstić information content (AvgIpc) is 2.05. The van der Waals surface area contributed by atoms with Crippen molar-refractivity contribution in [3.8, 4) is 0 Å². The number of hydrogen-bond donors (Lipinski definition) is 0. The summed E-state index contributed by atoms with van der Waals surface area (Å²) < 4.78 is 12.5. The van der Waals surface area contributed by atoms with Crippen LogP contribution in [0, 0.1) is 0 Å². The number of hydrogen-bond acceptors (Lipinski definition) is 0. The van der Waals surface area contributed by atoms with Gasteiger partial charge in [0.2, 0.25) is 0 Å². The first-order chi connectivity index (χ1) is 5.24. The van der Waals surface area contributed by atoms with Gasteiger partial charge in [-0.3, -0.25) is 0 Å². The summed E-state index contributed by atoms with van der Waals surface area (Å²) in [5.74, 6) is -0.00217. The van der Waals surface area contributed by atoms with Crippen LogP contribution in [0.3, 0.4) is 0 Å². The molecule has 0 saturated heterocycles. The lowest BCUT2D eigenvalue weighted by Crippen LogP contribution is -1.91. The Balaban J connectivity index is 2.76. The molecule has 0 radical (unpaired) electrons. The van der Waals surface area contributed by atoms with Crippen molar-refractivity contribution in [1.29, 1.82) is 0 Å². The second-order valence-electron chi connectivity index (χ2n) is 2.78. The summed E-state index contributed by atoms with van der Waals surface area (Å²) >= 11 is 0. The molecule has 1 aliphatic rings. The van der Waals surface area contributed by atoms with Crippen molar-refractivity contribution in [1.82, 2.24) is 0 Å². The molecule has 0 fully saturated rings. The molecule has 0 aromatic carbocycles. The molecule has 0 aromatic heterocycles. The van der Waals surface area contributed by atoms with Gasteiger partial charge in [-0.25, -0.2) is 4.39 Å². The highest BCUT2D eigenvalue weighted by Crippen LogP contribution is 2.23. The first-order valence-electron chi connectivity index (χ1n) is 3.92. The molecule has 60 valence electrons. The smallest absolute Gasteiger partial charge is 0.100 e. The van der Waals surface area contributed by atoms with Gasteiger partial charge in [0.1, 0.15) is 5.83 Å². The quantitative estimate of drug-likeness (QED) is 0.539. The molecule has 0 atom stereocenters. The van der Waals surface area contributed by atoms with Gasteiger partial charge < -0.3 is 0 Å². The molecule has 0 aromatic rings. The maximum absolute atomic E-state index is 12.5. The zero-order valence-electron chi connectivity index (χ0n) is 7.02. The average molecular weight is 152 g/mol. The summed E-state index contributed by atoms with van der Waals surface area (Å²) in [6.07, 6.45) is 6.90. The fourth-order valence-electron chi connectivity index (χ4n) is 1.13. The molecule has 0 unspecified atom stereocenters. The Hall–Kier alpha value is -0.850. The predicted octanol–water partition coefficient (Wildman–Crippen LogP) is 3.53. The summed E-state index contributed by atoms with van der Waals surface area (Å²) in [6, 6.07) is 0. The predicted molar refractivity (Wildman–Crippen MR) is 45.9 cm³/mol. The normalized spacial score (nSPS) is 19.4. The third-order valence-electron chi connectivity index (χ3n) is 2.04. The summed E-state index contributed by atoms with van der Waals surface area (Å²) in [6.45, 7) is 4.06. The molecule has 0 aliphatic heterocycles. The fraction of sp³-hybridized carbons (Fsp3) is 0.400. The van der Waals surface area contributed by atoms with E-state index in [2.05, 4.69) is 13.0 Å². The van der Waals surface area contributed by atoms with Crippen LogP contribution in [0.2, 0.25) is 0 Å². The van der Waals surface area contributed by atoms with Crippen LogP contribution in [-0.2, 0) is 0 Å². The fourth-order valence-corrected chi connectivity index (χ4v) is 1.13. The molecular weight excluding hydrogens is 139 g/mol. The van der Waals surface area contributed by atoms with Crippen LogP contribution in [0.25, 0.3) is 0 Å². The second kappa shape index (κ2) is 3.51. The van der Waals surface area contributed by atoms with E-state index in [4.69, 9.17) is 0 Å². The van der Waals surface area contributed by atoms with Crippen LogP contribution in [-0.4, -0.2) is 0 Å². The van der Waals surface area contributed by atoms with Crippen molar-refractivity contribution in [2.75, 3.05) is 0 Å². The van der Waals surface area contributed by atoms with E-state index in [1.54, 1.807) is 6.08 Å². The minimum absolute atomic E-state index is 0.00217. The first kappa shape index (κ1) is 8.25. The molecule has 0 heterocycles. The molecular formula is C10H13F. The molecule has 0 nitrogen and oxygen atoms in total. The Morgan fingerprint density at radius 2 is 2.18 bits per heavy atom. The summed E-state index contributed by atoms with van der Waals surface area (Å²) in [5, 5.41) is 0. The van der Waals surface area contributed by atoms with E-state index in [9.17, 15) is 4.39 Å². The molecule has 11 heavy (non-hydrogen) atoms. The monoisotopic (exact) mass is 152 g/mol. The third-order valence-corrected chi connectivity index (χ3v) is 2.04. The van der Waals surface area contributed by atoms with Gasteiger partial charge in [0, 0.05) is 6.42 Å². The maximum Gasteiger partial charge on any atom is 0.100 e. The van der Waals surface area contributed by atoms with E-state index in [1.165, 1.54) is 11.1 Å². The maximum atomic E-state index is 12.5. The van der Waals surface area contributed by atoms with Crippen LogP contribution >= 0.6 is 0 Å². The van der Waals surface area contributed by atoms with Gasteiger partial charge in [-0.15, -0.1) is 0 Å². The molecule has 1 rings (SSSR count). The van der Waals surface area contributed by atoms with Gasteiger partial charge in [0.25, 0.3) is 0 Å². The lowest BCUT2D eigenvalue weighted by atomic mass is 9.98. The minimum Gasteiger partial charge on any atom is -0.212 e. The van der Waals surface area contributed by atoms with Gasteiger partial charge in [-0.2, -0.15) is 0 Å². The van der Waals surface area contributed by atoms with Crippen molar-refractivity contribution in [2.24, 2.45) is 0 Å². The first-order valence-corrected chi connectivity index (χ1v) is 3.92. The Kier molecular flexibility index (Phi) is 2.64. The zero-order chi connectivity index (χ0) is 8.27. The standard InChI is InChI=1S/C10H13F/c1-3-8(2)9-4-6-10(11)7-5-9/h3-4,6H,5,7H2,1-2H3/b8-3+. The van der Waals surface area contributed by atoms with Crippen LogP contribution in [0.5, 0.6) is 0 Å². The highest BCUT2D eigenvalue weighted by atomic mass is 19.1. The van der Waals surface area contributed by atoms with Crippen molar-refractivity contribution < 1.29 is 4.39 Å². The van der Waals surface area contributed by atoms with Gasteiger partial charge >= 0.3 is 0 Å². The number of rotatable bonds is 1. The van der Waals surface area contributed by atoms with Crippen molar-refractivity contribution >= 4 is 0 Å². The largest absolute Gasteiger partial charge is 0.212 e. The van der Waals surface area contributed by atoms with Gasteiger partial charge in [-0.1, -0.05) is 17.7 Å². The molecule has 0 amide bonds. The van der Waals surface area contributed by atoms with Crippen LogP contribution in [0.15, 0.2) is 35.2 Å². The Bertz CT molecular complexity index is 231. The van der Waals surface area contributed by atoms with Crippen molar-refractivity contribution in [2.45, 2.75) is 26.7 Å². The third kappa shape index (κ3) is 2.04. The van der Waals surface area contributed by atoms with E-state index in [0.717, 1.165) is 6.42 Å². The van der Waals surface area contributed by atoms with Crippen molar-refractivity contribution in [3.05, 3.63) is 35.2 Å². The molecule has 1 aliphatic carbocycles. The zero-order valence-corrected chi connectivity index (χ0v) is 7.02. The molecule has 0 saturated carbocycles. The molecule has 0 spiro atoms. The SMILES string of the molecule is C/C=C(\C)C1=CC=C(F)CC1. The molecule has 0 N–H and O–H groups in total. The van der Waals surface area contributed by atoms with E-state index in [1.807, 2.05) is 13.0 Å². The van der Waals surface area contributed by atoms with E-state index >= 15 is 0 Å². The number of allylic oxidation sites excluding steroid dienone is 6. The minimum atomic E-state index is -0.00217. The van der Waals surface area contributed by atoms with E-state index < -0.39 is 0 Å². The summed E-state index contributed by atoms with van der Waals surface area (Å²) in [4.78, 5) is 0. The van der Waals surface area contributed by atoms with Crippen molar-refractivity contribution in [3.63, 3.8) is 0 Å². The van der Waals surface area contributed by atoms with Crippen LogP contribution in [0.1, 0.15) is 26.7 Å². The Morgan fingerprint density at radius 1 is 1.45 bits per heavy atom. The van der Waals surface area contributed by atoms with E-state index in [-0.39, 0.29) is 5.83 Å². The van der Waals surface area contributed by atoms with Gasteiger partial charge in [0.05, 0.1) is 0 Å². The Labute approximate surface area is 67.1 Å². The van der Waals surface area contributed by atoms with Gasteiger partial charge in [0.15, 0.2) is 0 Å². The van der Waals surface area contributed by atoms with E-state index in [0.29, 0.717) is 6.42 Å². The molecule has 0 bridgehead atoms. The molecule has 1 heteroatoms. The second-order valence-corrected chi connectivity index (χ2v) is 2.78. The summed E-state index contributed by atoms with van der Waals surface area (Å²) in [5.41, 5.74) is 2.52. The lowest BCUT2D eigenvalue weighted by Gasteiger charge is -2.09.